The van der Waals surface area contributed by atoms with Gasteiger partial charge >= 0.3 is 6.09 Å². The van der Waals surface area contributed by atoms with Gasteiger partial charge < -0.3 is 15.0 Å². The molecule has 3 aromatic rings. The lowest BCUT2D eigenvalue weighted by molar-refractivity contribution is -0.135. The van der Waals surface area contributed by atoms with E-state index in [1.807, 2.05) is 24.9 Å². The summed E-state index contributed by atoms with van der Waals surface area (Å²) in [4.78, 5) is 32.1. The summed E-state index contributed by atoms with van der Waals surface area (Å²) in [6, 6.07) is 8.48. The molecule has 3 aliphatic rings. The number of aromatic amines is 1. The maximum atomic E-state index is 13.4. The van der Waals surface area contributed by atoms with Crippen molar-refractivity contribution in [2.45, 2.75) is 104 Å². The minimum absolute atomic E-state index is 0. The molecule has 1 saturated heterocycles. The molecule has 2 atom stereocenters. The van der Waals surface area contributed by atoms with Crippen molar-refractivity contribution in [3.8, 4) is 22.5 Å². The summed E-state index contributed by atoms with van der Waals surface area (Å²) in [5.41, 5.74) is 9.58. The van der Waals surface area contributed by atoms with Crippen LogP contribution in [0.4, 0.5) is 4.79 Å². The van der Waals surface area contributed by atoms with E-state index in [1.54, 1.807) is 5.56 Å². The van der Waals surface area contributed by atoms with Gasteiger partial charge in [-0.2, -0.15) is 0 Å². The van der Waals surface area contributed by atoms with Crippen molar-refractivity contribution in [3.63, 3.8) is 0 Å². The first kappa shape index (κ1) is 29.5. The van der Waals surface area contributed by atoms with Gasteiger partial charge in [0.25, 0.3) is 0 Å². The summed E-state index contributed by atoms with van der Waals surface area (Å²) in [7, 11) is 1.32. The minimum atomic E-state index is -0.598. The first-order chi connectivity index (χ1) is 20.7. The van der Waals surface area contributed by atoms with Crippen molar-refractivity contribution in [1.82, 2.24) is 25.0 Å². The van der Waals surface area contributed by atoms with Crippen LogP contribution in [0.5, 0.6) is 0 Å². The van der Waals surface area contributed by atoms with Crippen LogP contribution in [-0.2, 0) is 28.9 Å². The zero-order valence-corrected chi connectivity index (χ0v) is 26.4. The standard InChI is InChI=1S/C35H47N5O3.2H2/c1-22(2)26-11-12-27(29-18-35(17-28(26)29)14-6-7-15-35)30-13-10-24(19-36-30)31-21-39(38-31)20-25-9-8-16-40(25)33(41)32(23(3)4)37-34(42)43-5;;/h10-13,19,21-23,25,32,38H,6-9,14-18,20H2,1-5H3,(H,37,42);2*1H/t25?,32-;;/m0../s1. The molecule has 43 heavy (non-hydrogen) atoms. The van der Waals surface area contributed by atoms with E-state index in [0.29, 0.717) is 24.4 Å². The number of rotatable bonds is 8. The first-order valence-corrected chi connectivity index (χ1v) is 16.2. The molecule has 2 N–H and O–H groups in total. The van der Waals surface area contributed by atoms with Crippen LogP contribution >= 0.6 is 0 Å². The highest BCUT2D eigenvalue weighted by atomic mass is 16.5. The second kappa shape index (κ2) is 11.9. The molecular weight excluding hydrogens is 538 g/mol. The Morgan fingerprint density at radius 2 is 1.84 bits per heavy atom. The van der Waals surface area contributed by atoms with Gasteiger partial charge in [0.05, 0.1) is 31.1 Å². The van der Waals surface area contributed by atoms with Gasteiger partial charge in [-0.05, 0) is 84.6 Å². The normalized spacial score (nSPS) is 19.9. The smallest absolute Gasteiger partial charge is 0.407 e. The molecule has 1 aromatic carbocycles. The molecule has 1 unspecified atom stereocenters. The number of fused-ring (bicyclic) bond motifs is 1. The Morgan fingerprint density at radius 3 is 2.49 bits per heavy atom. The van der Waals surface area contributed by atoms with Crippen molar-refractivity contribution < 1.29 is 17.2 Å². The maximum absolute atomic E-state index is 13.4. The molecule has 2 aromatic heterocycles. The fraction of sp³-hybridized carbons (Fsp3) is 0.571. The number of alkyl carbamates (subject to hydrolysis) is 1. The highest BCUT2D eigenvalue weighted by Gasteiger charge is 2.42. The highest BCUT2D eigenvalue weighted by Crippen LogP contribution is 2.52. The Bertz CT molecular complexity index is 1460. The van der Waals surface area contributed by atoms with Gasteiger partial charge in [0.15, 0.2) is 0 Å². The number of amides is 2. The maximum Gasteiger partial charge on any atom is 0.407 e. The molecule has 2 amide bonds. The van der Waals surface area contributed by atoms with Gasteiger partial charge in [0.1, 0.15) is 6.04 Å². The quantitative estimate of drug-likeness (QED) is 0.291. The number of carbonyl (C=O) groups excluding carboxylic acids is 2. The zero-order valence-electron chi connectivity index (χ0n) is 26.4. The van der Waals surface area contributed by atoms with Gasteiger partial charge in [0, 0.05) is 32.9 Å². The third kappa shape index (κ3) is 5.73. The average molecular weight is 590 g/mol. The van der Waals surface area contributed by atoms with Gasteiger partial charge in [-0.3, -0.25) is 19.6 Å². The van der Waals surface area contributed by atoms with Gasteiger partial charge in [-0.15, -0.1) is 0 Å². The average Bonchev–Trinajstić information content (AvgIpc) is 3.72. The van der Waals surface area contributed by atoms with Gasteiger partial charge in [0.2, 0.25) is 5.91 Å². The fourth-order valence-corrected chi connectivity index (χ4v) is 7.87. The fourth-order valence-electron chi connectivity index (χ4n) is 7.87. The van der Waals surface area contributed by atoms with E-state index in [-0.39, 0.29) is 20.7 Å². The molecule has 2 aliphatic carbocycles. The van der Waals surface area contributed by atoms with Crippen LogP contribution in [-0.4, -0.2) is 57.4 Å². The second-order valence-electron chi connectivity index (χ2n) is 13.8. The van der Waals surface area contributed by atoms with E-state index in [1.165, 1.54) is 62.3 Å². The van der Waals surface area contributed by atoms with Crippen LogP contribution in [0, 0.1) is 11.3 Å². The number of nitrogens with zero attached hydrogens (tertiary/aromatic N) is 3. The number of pyridine rings is 1. The molecule has 2 fully saturated rings. The Kier molecular flexibility index (Phi) is 8.14. The highest BCUT2D eigenvalue weighted by molar-refractivity contribution is 5.86. The predicted molar refractivity (Wildman–Crippen MR) is 173 cm³/mol. The Labute approximate surface area is 258 Å². The zero-order chi connectivity index (χ0) is 30.3. The van der Waals surface area contributed by atoms with E-state index in [2.05, 4.69) is 59.4 Å². The monoisotopic (exact) mass is 589 g/mol. The summed E-state index contributed by atoms with van der Waals surface area (Å²) in [5, 5.41) is 6.18. The van der Waals surface area contributed by atoms with Crippen LogP contribution in [0.2, 0.25) is 0 Å². The third-order valence-electron chi connectivity index (χ3n) is 10.2. The molecule has 6 rings (SSSR count). The molecule has 0 bridgehead atoms. The van der Waals surface area contributed by atoms with E-state index in [9.17, 15) is 9.59 Å². The van der Waals surface area contributed by atoms with Crippen molar-refractivity contribution in [2.75, 3.05) is 13.7 Å². The Morgan fingerprint density at radius 1 is 1.09 bits per heavy atom. The molecule has 0 radical (unpaired) electrons. The SMILES string of the molecule is COC(=O)N[C@H](C(=O)N1CCCC1Cn1cc(-c2ccc(-c3ccc(C(C)C)c4c3CC3(CCCC3)C4)nc2)[nH]1)C(C)C.[HH].[HH]. The summed E-state index contributed by atoms with van der Waals surface area (Å²) in [6.45, 7) is 9.91. The largest absolute Gasteiger partial charge is 0.453 e. The number of methoxy groups -OCH3 is 1. The summed E-state index contributed by atoms with van der Waals surface area (Å²) < 4.78 is 6.80. The van der Waals surface area contributed by atoms with Crippen LogP contribution in [0.25, 0.3) is 22.5 Å². The van der Waals surface area contributed by atoms with Crippen molar-refractivity contribution >= 4 is 12.0 Å². The molecule has 1 saturated carbocycles. The number of aromatic nitrogens is 3. The lowest BCUT2D eigenvalue weighted by Crippen LogP contribution is -2.53. The third-order valence-corrected chi connectivity index (χ3v) is 10.2. The molecule has 8 heteroatoms. The number of H-pyrrole nitrogens is 1. The van der Waals surface area contributed by atoms with Crippen molar-refractivity contribution in [3.05, 3.63) is 53.3 Å². The molecule has 1 aliphatic heterocycles. The number of benzene rings is 1. The topological polar surface area (TPSA) is 92.2 Å². The van der Waals surface area contributed by atoms with E-state index in [0.717, 1.165) is 29.8 Å². The second-order valence-corrected chi connectivity index (χ2v) is 13.8. The molecular formula is C35H51N5O3. The lowest BCUT2D eigenvalue weighted by Gasteiger charge is -2.31. The van der Waals surface area contributed by atoms with Crippen LogP contribution in [0.15, 0.2) is 36.7 Å². The van der Waals surface area contributed by atoms with Crippen LogP contribution < -0.4 is 5.32 Å². The number of ether oxygens (including phenoxy) is 1. The molecule has 234 valence electrons. The number of carbonyl (C=O) groups is 2. The van der Waals surface area contributed by atoms with Crippen molar-refractivity contribution in [1.29, 1.82) is 0 Å². The van der Waals surface area contributed by atoms with E-state index < -0.39 is 12.1 Å². The van der Waals surface area contributed by atoms with Gasteiger partial charge in [-0.1, -0.05) is 52.7 Å². The van der Waals surface area contributed by atoms with Crippen molar-refractivity contribution in [2.24, 2.45) is 11.3 Å². The Hall–Kier alpha value is -3.55. The van der Waals surface area contributed by atoms with Crippen LogP contribution in [0.1, 0.15) is 91.7 Å². The summed E-state index contributed by atoms with van der Waals surface area (Å²) in [5.74, 6) is 0.464. The summed E-state index contributed by atoms with van der Waals surface area (Å²) in [6.07, 6.45) is 13.3. The number of hydrogen-bond donors (Lipinski definition) is 2. The van der Waals surface area contributed by atoms with Gasteiger partial charge in [-0.25, -0.2) is 4.79 Å². The lowest BCUT2D eigenvalue weighted by atomic mass is 9.82. The molecule has 3 heterocycles. The number of likely N-dealkylation sites (tertiary alicyclic amines) is 1. The number of hydrogen-bond acceptors (Lipinski definition) is 4. The van der Waals surface area contributed by atoms with E-state index in [4.69, 9.17) is 9.72 Å². The number of nitrogens with one attached hydrogen (secondary N) is 2. The van der Waals surface area contributed by atoms with E-state index >= 15 is 0 Å². The first-order valence-electron chi connectivity index (χ1n) is 16.2. The molecule has 1 spiro atoms. The molecule has 8 nitrogen and oxygen atoms in total. The summed E-state index contributed by atoms with van der Waals surface area (Å²) >= 11 is 0. The minimum Gasteiger partial charge on any atom is -0.453 e. The Balaban J connectivity index is 0.00000230. The predicted octanol–water partition coefficient (Wildman–Crippen LogP) is 7.19. The van der Waals surface area contributed by atoms with Crippen LogP contribution in [0.3, 0.4) is 0 Å².